The summed E-state index contributed by atoms with van der Waals surface area (Å²) in [7, 11) is 3.99. The molecular weight excluding hydrogens is 248 g/mol. The predicted octanol–water partition coefficient (Wildman–Crippen LogP) is 2.40. The van der Waals surface area contributed by atoms with Crippen LogP contribution in [-0.2, 0) is 13.5 Å². The van der Waals surface area contributed by atoms with Gasteiger partial charge < -0.3 is 9.88 Å². The van der Waals surface area contributed by atoms with E-state index in [4.69, 9.17) is 4.98 Å². The largest absolute Gasteiger partial charge is 0.319 e. The Morgan fingerprint density at radius 1 is 1.15 bits per heavy atom. The fraction of sp³-hybridized carbons (Fsp3) is 0.250. The second-order valence-electron chi connectivity index (χ2n) is 4.85. The SMILES string of the molecule is CNCCc1ccccc1-c1nc2cccnc2n1C. The fourth-order valence-corrected chi connectivity index (χ4v) is 2.48. The lowest BCUT2D eigenvalue weighted by Crippen LogP contribution is -2.11. The second-order valence-corrected chi connectivity index (χ2v) is 4.85. The number of hydrogen-bond donors (Lipinski definition) is 1. The molecule has 3 aromatic rings. The molecule has 102 valence electrons. The van der Waals surface area contributed by atoms with Gasteiger partial charge in [-0.05, 0) is 37.7 Å². The first-order chi connectivity index (χ1) is 9.81. The van der Waals surface area contributed by atoms with Crippen LogP contribution in [0.15, 0.2) is 42.6 Å². The maximum Gasteiger partial charge on any atom is 0.159 e. The second kappa shape index (κ2) is 5.43. The van der Waals surface area contributed by atoms with Gasteiger partial charge in [0.1, 0.15) is 11.3 Å². The van der Waals surface area contributed by atoms with E-state index in [-0.39, 0.29) is 0 Å². The van der Waals surface area contributed by atoms with E-state index in [0.29, 0.717) is 0 Å². The Morgan fingerprint density at radius 2 is 2.00 bits per heavy atom. The lowest BCUT2D eigenvalue weighted by atomic mass is 10.0. The van der Waals surface area contributed by atoms with Crippen molar-refractivity contribution in [1.82, 2.24) is 19.9 Å². The summed E-state index contributed by atoms with van der Waals surface area (Å²) in [4.78, 5) is 9.14. The van der Waals surface area contributed by atoms with E-state index >= 15 is 0 Å². The Hall–Kier alpha value is -2.20. The van der Waals surface area contributed by atoms with Gasteiger partial charge in [0, 0.05) is 18.8 Å². The summed E-state index contributed by atoms with van der Waals surface area (Å²) in [5, 5.41) is 3.20. The van der Waals surface area contributed by atoms with Gasteiger partial charge in [0.15, 0.2) is 5.65 Å². The number of aryl methyl sites for hydroxylation is 1. The van der Waals surface area contributed by atoms with Crippen LogP contribution < -0.4 is 5.32 Å². The minimum atomic E-state index is 0.922. The van der Waals surface area contributed by atoms with Crippen molar-refractivity contribution in [1.29, 1.82) is 0 Å². The number of fused-ring (bicyclic) bond motifs is 1. The molecule has 4 heteroatoms. The third-order valence-corrected chi connectivity index (χ3v) is 3.53. The quantitative estimate of drug-likeness (QED) is 0.788. The van der Waals surface area contributed by atoms with E-state index in [2.05, 4.69) is 39.1 Å². The molecule has 2 heterocycles. The van der Waals surface area contributed by atoms with Gasteiger partial charge in [-0.3, -0.25) is 0 Å². The summed E-state index contributed by atoms with van der Waals surface area (Å²) < 4.78 is 2.06. The Kier molecular flexibility index (Phi) is 3.48. The summed E-state index contributed by atoms with van der Waals surface area (Å²) in [5.74, 6) is 0.977. The van der Waals surface area contributed by atoms with Gasteiger partial charge in [-0.15, -0.1) is 0 Å². The van der Waals surface area contributed by atoms with Crippen LogP contribution in [0.2, 0.25) is 0 Å². The maximum atomic E-state index is 4.73. The van der Waals surface area contributed by atoms with Gasteiger partial charge in [0.05, 0.1) is 0 Å². The van der Waals surface area contributed by atoms with Gasteiger partial charge in [-0.1, -0.05) is 24.3 Å². The number of nitrogens with zero attached hydrogens (tertiary/aromatic N) is 3. The molecule has 0 radical (unpaired) electrons. The van der Waals surface area contributed by atoms with Crippen molar-refractivity contribution >= 4 is 11.2 Å². The van der Waals surface area contributed by atoms with Crippen LogP contribution in [0, 0.1) is 0 Å². The number of aromatic nitrogens is 3. The molecule has 1 aromatic carbocycles. The van der Waals surface area contributed by atoms with Crippen LogP contribution in [-0.4, -0.2) is 28.1 Å². The molecule has 0 aliphatic heterocycles. The van der Waals surface area contributed by atoms with Crippen molar-refractivity contribution in [2.24, 2.45) is 7.05 Å². The smallest absolute Gasteiger partial charge is 0.159 e. The van der Waals surface area contributed by atoms with Crippen LogP contribution in [0.5, 0.6) is 0 Å². The monoisotopic (exact) mass is 266 g/mol. The third kappa shape index (κ3) is 2.18. The van der Waals surface area contributed by atoms with E-state index in [1.54, 1.807) is 6.20 Å². The Morgan fingerprint density at radius 3 is 2.80 bits per heavy atom. The highest BCUT2D eigenvalue weighted by molar-refractivity contribution is 5.77. The van der Waals surface area contributed by atoms with Crippen LogP contribution >= 0.6 is 0 Å². The average molecular weight is 266 g/mol. The highest BCUT2D eigenvalue weighted by Gasteiger charge is 2.13. The molecule has 3 rings (SSSR count). The summed E-state index contributed by atoms with van der Waals surface area (Å²) in [6.45, 7) is 0.958. The summed E-state index contributed by atoms with van der Waals surface area (Å²) in [6, 6.07) is 12.4. The molecule has 4 nitrogen and oxygen atoms in total. The molecule has 2 aromatic heterocycles. The first-order valence-electron chi connectivity index (χ1n) is 6.81. The third-order valence-electron chi connectivity index (χ3n) is 3.53. The predicted molar refractivity (Wildman–Crippen MR) is 81.6 cm³/mol. The molecule has 0 amide bonds. The molecule has 0 fully saturated rings. The highest BCUT2D eigenvalue weighted by Crippen LogP contribution is 2.25. The molecule has 1 N–H and O–H groups in total. The molecule has 0 aliphatic rings. The number of benzene rings is 1. The topological polar surface area (TPSA) is 42.7 Å². The maximum absolute atomic E-state index is 4.73. The van der Waals surface area contributed by atoms with E-state index in [0.717, 1.165) is 30.0 Å². The first kappa shape index (κ1) is 12.8. The van der Waals surface area contributed by atoms with Crippen LogP contribution in [0.4, 0.5) is 0 Å². The first-order valence-corrected chi connectivity index (χ1v) is 6.81. The summed E-state index contributed by atoms with van der Waals surface area (Å²) >= 11 is 0. The number of likely N-dealkylation sites (N-methyl/N-ethyl adjacent to an activating group) is 1. The van der Waals surface area contributed by atoms with Crippen LogP contribution in [0.3, 0.4) is 0 Å². The summed E-state index contributed by atoms with van der Waals surface area (Å²) in [6.07, 6.45) is 2.80. The number of hydrogen-bond acceptors (Lipinski definition) is 3. The molecule has 0 unspecified atom stereocenters. The zero-order valence-electron chi connectivity index (χ0n) is 11.8. The van der Waals surface area contributed by atoms with Gasteiger partial charge in [0.2, 0.25) is 0 Å². The highest BCUT2D eigenvalue weighted by atomic mass is 15.1. The molecule has 0 saturated carbocycles. The Labute approximate surface area is 118 Å². The molecule has 0 bridgehead atoms. The van der Waals surface area contributed by atoms with Crippen molar-refractivity contribution < 1.29 is 0 Å². The lowest BCUT2D eigenvalue weighted by molar-refractivity contribution is 0.791. The van der Waals surface area contributed by atoms with Crippen LogP contribution in [0.1, 0.15) is 5.56 Å². The van der Waals surface area contributed by atoms with Gasteiger partial charge >= 0.3 is 0 Å². The van der Waals surface area contributed by atoms with Gasteiger partial charge in [-0.2, -0.15) is 0 Å². The molecule has 0 atom stereocenters. The number of pyridine rings is 1. The summed E-state index contributed by atoms with van der Waals surface area (Å²) in [5.41, 5.74) is 4.35. The molecule has 0 saturated heterocycles. The van der Waals surface area contributed by atoms with Crippen LogP contribution in [0.25, 0.3) is 22.6 Å². The number of rotatable bonds is 4. The number of imidazole rings is 1. The lowest BCUT2D eigenvalue weighted by Gasteiger charge is -2.09. The standard InChI is InChI=1S/C16H18N4/c1-17-11-9-12-6-3-4-7-13(12)15-19-14-8-5-10-18-16(14)20(15)2/h3-8,10,17H,9,11H2,1-2H3. The molecule has 20 heavy (non-hydrogen) atoms. The van der Waals surface area contributed by atoms with E-state index in [1.165, 1.54) is 11.1 Å². The van der Waals surface area contributed by atoms with Crippen molar-refractivity contribution in [3.8, 4) is 11.4 Å². The van der Waals surface area contributed by atoms with E-state index < -0.39 is 0 Å². The van der Waals surface area contributed by atoms with Gasteiger partial charge in [-0.25, -0.2) is 9.97 Å². The minimum absolute atomic E-state index is 0.922. The van der Waals surface area contributed by atoms with Gasteiger partial charge in [0.25, 0.3) is 0 Å². The number of nitrogens with one attached hydrogen (secondary N) is 1. The Bertz CT molecular complexity index is 730. The zero-order valence-corrected chi connectivity index (χ0v) is 11.8. The average Bonchev–Trinajstić information content (AvgIpc) is 2.83. The van der Waals surface area contributed by atoms with E-state index in [9.17, 15) is 0 Å². The zero-order chi connectivity index (χ0) is 13.9. The normalized spacial score (nSPS) is 11.1. The van der Waals surface area contributed by atoms with Crippen molar-refractivity contribution in [3.63, 3.8) is 0 Å². The van der Waals surface area contributed by atoms with Crippen molar-refractivity contribution in [3.05, 3.63) is 48.2 Å². The fourth-order valence-electron chi connectivity index (χ4n) is 2.48. The molecule has 0 aliphatic carbocycles. The molecule has 0 spiro atoms. The molecular formula is C16H18N4. The minimum Gasteiger partial charge on any atom is -0.319 e. The Balaban J connectivity index is 2.13. The van der Waals surface area contributed by atoms with E-state index in [1.807, 2.05) is 26.2 Å². The van der Waals surface area contributed by atoms with Crippen molar-refractivity contribution in [2.75, 3.05) is 13.6 Å². The van der Waals surface area contributed by atoms with Crippen molar-refractivity contribution in [2.45, 2.75) is 6.42 Å².